The topological polar surface area (TPSA) is 58.2 Å². The van der Waals surface area contributed by atoms with Crippen LogP contribution in [0, 0.1) is 5.92 Å². The molecule has 0 heterocycles. The van der Waals surface area contributed by atoms with Crippen LogP contribution in [-0.2, 0) is 9.59 Å². The summed E-state index contributed by atoms with van der Waals surface area (Å²) >= 11 is 5.44. The van der Waals surface area contributed by atoms with E-state index in [-0.39, 0.29) is 11.8 Å². The van der Waals surface area contributed by atoms with E-state index in [9.17, 15) is 9.59 Å². The van der Waals surface area contributed by atoms with Gasteiger partial charge in [-0.15, -0.1) is 11.6 Å². The Morgan fingerprint density at radius 1 is 0.947 bits per heavy atom. The van der Waals surface area contributed by atoms with Crippen molar-refractivity contribution < 1.29 is 9.59 Å². The van der Waals surface area contributed by atoms with Gasteiger partial charge in [0.15, 0.2) is 0 Å². The average Bonchev–Trinajstić information content (AvgIpc) is 2.43. The number of hydrogen-bond donors (Lipinski definition) is 2. The number of carbonyl (C=O) groups is 2. The van der Waals surface area contributed by atoms with Crippen molar-refractivity contribution in [2.45, 2.75) is 51.4 Å². The highest BCUT2D eigenvalue weighted by atomic mass is 35.5. The summed E-state index contributed by atoms with van der Waals surface area (Å²) < 4.78 is 0. The van der Waals surface area contributed by atoms with Crippen LogP contribution in [0.5, 0.6) is 0 Å². The molecule has 0 saturated heterocycles. The van der Waals surface area contributed by atoms with Crippen LogP contribution in [-0.4, -0.2) is 30.8 Å². The monoisotopic (exact) mass is 288 g/mol. The van der Waals surface area contributed by atoms with E-state index in [1.165, 1.54) is 32.1 Å². The largest absolute Gasteiger partial charge is 0.354 e. The fourth-order valence-electron chi connectivity index (χ4n) is 2.48. The van der Waals surface area contributed by atoms with E-state index in [1.807, 2.05) is 0 Å². The van der Waals surface area contributed by atoms with Crippen molar-refractivity contribution in [2.75, 3.05) is 19.0 Å². The van der Waals surface area contributed by atoms with Crippen LogP contribution in [0.3, 0.4) is 0 Å². The lowest BCUT2D eigenvalue weighted by Gasteiger charge is -2.20. The van der Waals surface area contributed by atoms with Crippen LogP contribution in [0.15, 0.2) is 0 Å². The fourth-order valence-corrected chi connectivity index (χ4v) is 2.65. The van der Waals surface area contributed by atoms with Gasteiger partial charge in [0.2, 0.25) is 11.8 Å². The Bertz CT molecular complexity index is 279. The molecule has 0 aromatic heterocycles. The predicted octanol–water partition coefficient (Wildman–Crippen LogP) is 2.21. The SMILES string of the molecule is O=C(CCCl)NCCNC(=O)CCC1CCCCC1. The first kappa shape index (κ1) is 16.3. The lowest BCUT2D eigenvalue weighted by Crippen LogP contribution is -2.34. The number of carbonyl (C=O) groups excluding carboxylic acids is 2. The van der Waals surface area contributed by atoms with Gasteiger partial charge in [-0.3, -0.25) is 9.59 Å². The number of halogens is 1. The first-order valence-corrected chi connectivity index (χ1v) is 7.85. The number of alkyl halides is 1. The molecule has 110 valence electrons. The minimum atomic E-state index is -0.0635. The number of rotatable bonds is 8. The third kappa shape index (κ3) is 8.09. The zero-order valence-electron chi connectivity index (χ0n) is 11.5. The van der Waals surface area contributed by atoms with Crippen molar-refractivity contribution in [3.63, 3.8) is 0 Å². The summed E-state index contributed by atoms with van der Waals surface area (Å²) in [7, 11) is 0. The minimum Gasteiger partial charge on any atom is -0.354 e. The molecular weight excluding hydrogens is 264 g/mol. The van der Waals surface area contributed by atoms with Crippen molar-refractivity contribution in [3.05, 3.63) is 0 Å². The lowest BCUT2D eigenvalue weighted by atomic mass is 9.86. The Hall–Kier alpha value is -0.770. The normalized spacial score (nSPS) is 16.1. The first-order chi connectivity index (χ1) is 9.22. The Kier molecular flexibility index (Phi) is 8.63. The summed E-state index contributed by atoms with van der Waals surface area (Å²) in [5, 5.41) is 5.54. The van der Waals surface area contributed by atoms with Gasteiger partial charge in [-0.1, -0.05) is 32.1 Å². The second-order valence-electron chi connectivity index (χ2n) is 5.18. The fraction of sp³-hybridized carbons (Fsp3) is 0.857. The Morgan fingerprint density at radius 2 is 1.53 bits per heavy atom. The van der Waals surface area contributed by atoms with Gasteiger partial charge in [0.1, 0.15) is 0 Å². The van der Waals surface area contributed by atoms with Gasteiger partial charge < -0.3 is 10.6 Å². The maximum atomic E-state index is 11.6. The molecule has 1 aliphatic rings. The molecule has 2 amide bonds. The number of amides is 2. The summed E-state index contributed by atoms with van der Waals surface area (Å²) in [5.74, 6) is 1.10. The third-order valence-electron chi connectivity index (χ3n) is 3.60. The highest BCUT2D eigenvalue weighted by Crippen LogP contribution is 2.27. The molecule has 0 radical (unpaired) electrons. The summed E-state index contributed by atoms with van der Waals surface area (Å²) in [4.78, 5) is 22.7. The quantitative estimate of drug-likeness (QED) is 0.531. The Morgan fingerprint density at radius 3 is 2.11 bits per heavy atom. The number of nitrogens with one attached hydrogen (secondary N) is 2. The van der Waals surface area contributed by atoms with E-state index in [2.05, 4.69) is 10.6 Å². The molecule has 0 aromatic carbocycles. The second kappa shape index (κ2) is 10.1. The first-order valence-electron chi connectivity index (χ1n) is 7.31. The van der Waals surface area contributed by atoms with Gasteiger partial charge in [0.25, 0.3) is 0 Å². The molecule has 19 heavy (non-hydrogen) atoms. The lowest BCUT2D eigenvalue weighted by molar-refractivity contribution is -0.122. The smallest absolute Gasteiger partial charge is 0.221 e. The van der Waals surface area contributed by atoms with Gasteiger partial charge in [-0.25, -0.2) is 0 Å². The van der Waals surface area contributed by atoms with Crippen LogP contribution in [0.4, 0.5) is 0 Å². The molecule has 1 fully saturated rings. The Labute approximate surface area is 120 Å². The van der Waals surface area contributed by atoms with Crippen molar-refractivity contribution in [1.29, 1.82) is 0 Å². The summed E-state index contributed by atoms with van der Waals surface area (Å²) in [5.41, 5.74) is 0. The van der Waals surface area contributed by atoms with Gasteiger partial charge >= 0.3 is 0 Å². The molecule has 1 rings (SSSR count). The summed E-state index contributed by atoms with van der Waals surface area (Å²) in [6.07, 6.45) is 8.49. The summed E-state index contributed by atoms with van der Waals surface area (Å²) in [6.45, 7) is 0.975. The molecule has 1 aliphatic carbocycles. The van der Waals surface area contributed by atoms with Crippen LogP contribution >= 0.6 is 11.6 Å². The van der Waals surface area contributed by atoms with E-state index in [0.717, 1.165) is 12.3 Å². The molecule has 5 heteroatoms. The Balaban J connectivity index is 1.97. The highest BCUT2D eigenvalue weighted by molar-refractivity contribution is 6.18. The van der Waals surface area contributed by atoms with Crippen molar-refractivity contribution in [1.82, 2.24) is 10.6 Å². The van der Waals surface area contributed by atoms with Crippen LogP contribution in [0.2, 0.25) is 0 Å². The molecule has 4 nitrogen and oxygen atoms in total. The molecule has 1 saturated carbocycles. The molecule has 0 atom stereocenters. The van der Waals surface area contributed by atoms with Gasteiger partial charge in [0, 0.05) is 31.8 Å². The van der Waals surface area contributed by atoms with E-state index in [1.54, 1.807) is 0 Å². The third-order valence-corrected chi connectivity index (χ3v) is 3.78. The zero-order valence-corrected chi connectivity index (χ0v) is 12.3. The van der Waals surface area contributed by atoms with E-state index in [4.69, 9.17) is 11.6 Å². The van der Waals surface area contributed by atoms with E-state index < -0.39 is 0 Å². The van der Waals surface area contributed by atoms with Gasteiger partial charge in [-0.2, -0.15) is 0 Å². The molecule has 0 aliphatic heterocycles. The van der Waals surface area contributed by atoms with Crippen molar-refractivity contribution >= 4 is 23.4 Å². The molecule has 0 aromatic rings. The van der Waals surface area contributed by atoms with Gasteiger partial charge in [0.05, 0.1) is 0 Å². The second-order valence-corrected chi connectivity index (χ2v) is 5.56. The maximum Gasteiger partial charge on any atom is 0.221 e. The predicted molar refractivity (Wildman–Crippen MR) is 77.2 cm³/mol. The number of hydrogen-bond acceptors (Lipinski definition) is 2. The van der Waals surface area contributed by atoms with E-state index in [0.29, 0.717) is 31.8 Å². The highest BCUT2D eigenvalue weighted by Gasteiger charge is 2.14. The van der Waals surface area contributed by atoms with Crippen molar-refractivity contribution in [2.24, 2.45) is 5.92 Å². The van der Waals surface area contributed by atoms with Crippen LogP contribution in [0.25, 0.3) is 0 Å². The van der Waals surface area contributed by atoms with Crippen LogP contribution in [0.1, 0.15) is 51.4 Å². The average molecular weight is 289 g/mol. The molecule has 0 unspecified atom stereocenters. The minimum absolute atomic E-state index is 0.0635. The maximum absolute atomic E-state index is 11.6. The zero-order chi connectivity index (χ0) is 13.9. The van der Waals surface area contributed by atoms with Crippen LogP contribution < -0.4 is 10.6 Å². The van der Waals surface area contributed by atoms with E-state index >= 15 is 0 Å². The summed E-state index contributed by atoms with van der Waals surface area (Å²) in [6, 6.07) is 0. The molecule has 2 N–H and O–H groups in total. The molecule has 0 bridgehead atoms. The standard InChI is InChI=1S/C14H25ClN2O2/c15-9-8-14(19)17-11-10-16-13(18)7-6-12-4-2-1-3-5-12/h12H,1-11H2,(H,16,18)(H,17,19). The molecule has 0 spiro atoms. The molecular formula is C14H25ClN2O2. The van der Waals surface area contributed by atoms with Crippen molar-refractivity contribution in [3.8, 4) is 0 Å². The van der Waals surface area contributed by atoms with Gasteiger partial charge in [-0.05, 0) is 12.3 Å².